The van der Waals surface area contributed by atoms with E-state index < -0.39 is 42.0 Å². The largest absolute Gasteiger partial charge is 0.417 e. The summed E-state index contributed by atoms with van der Waals surface area (Å²) in [5.74, 6) is -1.29. The van der Waals surface area contributed by atoms with Crippen LogP contribution in [-0.2, 0) is 10.4 Å². The fourth-order valence-electron chi connectivity index (χ4n) is 4.26. The first-order valence-electron chi connectivity index (χ1n) is 11.6. The van der Waals surface area contributed by atoms with Gasteiger partial charge in [0, 0.05) is 18.2 Å². The molecular formula is C26H33F3N2O3. The number of anilines is 1. The van der Waals surface area contributed by atoms with E-state index in [2.05, 4.69) is 0 Å². The normalized spacial score (nSPS) is 20.6. The number of alkyl halides is 3. The summed E-state index contributed by atoms with van der Waals surface area (Å²) < 4.78 is 39.2. The van der Waals surface area contributed by atoms with Crippen molar-refractivity contribution in [2.75, 3.05) is 18.0 Å². The van der Waals surface area contributed by atoms with Crippen molar-refractivity contribution in [2.24, 2.45) is 11.7 Å². The first kappa shape index (κ1) is 26.2. The molecule has 0 atom stereocenters. The number of hydrogen-bond donors (Lipinski definition) is 3. The third-order valence-electron chi connectivity index (χ3n) is 6.48. The molecule has 1 amide bonds. The molecule has 2 aromatic rings. The Balaban J connectivity index is 1.83. The number of nitrogens with zero attached hydrogens (tertiary/aromatic N) is 1. The number of rotatable bonds is 9. The van der Waals surface area contributed by atoms with E-state index in [-0.39, 0.29) is 0 Å². The third-order valence-corrected chi connectivity index (χ3v) is 6.48. The number of halogens is 3. The van der Waals surface area contributed by atoms with Gasteiger partial charge in [-0.25, -0.2) is 0 Å². The zero-order valence-electron chi connectivity index (χ0n) is 19.6. The molecule has 0 heterocycles. The SMILES string of the molecule is CC(C)(O)c1ccc(-c2cccc(N(CCCCCN)C(=O)C3CC(O)(C(F)(F)F)C3)c2)cc1. The quantitative estimate of drug-likeness (QED) is 0.454. The van der Waals surface area contributed by atoms with Gasteiger partial charge < -0.3 is 20.8 Å². The molecule has 186 valence electrons. The summed E-state index contributed by atoms with van der Waals surface area (Å²) in [7, 11) is 0. The number of carbonyl (C=O) groups is 1. The minimum Gasteiger partial charge on any atom is -0.386 e. The molecule has 3 rings (SSSR count). The highest BCUT2D eigenvalue weighted by Gasteiger charge is 2.63. The van der Waals surface area contributed by atoms with Crippen LogP contribution in [0.5, 0.6) is 0 Å². The van der Waals surface area contributed by atoms with Crippen molar-refractivity contribution in [1.29, 1.82) is 0 Å². The summed E-state index contributed by atoms with van der Waals surface area (Å²) in [6.45, 7) is 4.31. The molecule has 0 aromatic heterocycles. The van der Waals surface area contributed by atoms with Crippen LogP contribution >= 0.6 is 0 Å². The van der Waals surface area contributed by atoms with Gasteiger partial charge in [-0.15, -0.1) is 0 Å². The summed E-state index contributed by atoms with van der Waals surface area (Å²) in [5.41, 5.74) is 4.91. The van der Waals surface area contributed by atoms with Gasteiger partial charge in [-0.3, -0.25) is 4.79 Å². The Morgan fingerprint density at radius 2 is 1.71 bits per heavy atom. The highest BCUT2D eigenvalue weighted by molar-refractivity contribution is 5.96. The summed E-state index contributed by atoms with van der Waals surface area (Å²) >= 11 is 0. The van der Waals surface area contributed by atoms with Crippen LogP contribution in [0.2, 0.25) is 0 Å². The Morgan fingerprint density at radius 1 is 1.06 bits per heavy atom. The highest BCUT2D eigenvalue weighted by Crippen LogP contribution is 2.49. The van der Waals surface area contributed by atoms with Crippen LogP contribution < -0.4 is 10.6 Å². The molecule has 8 heteroatoms. The lowest BCUT2D eigenvalue weighted by Crippen LogP contribution is -2.59. The molecule has 0 unspecified atom stereocenters. The van der Waals surface area contributed by atoms with Gasteiger partial charge in [0.05, 0.1) is 5.60 Å². The van der Waals surface area contributed by atoms with Crippen LogP contribution in [0.4, 0.5) is 18.9 Å². The fourth-order valence-corrected chi connectivity index (χ4v) is 4.26. The first-order valence-corrected chi connectivity index (χ1v) is 11.6. The Bertz CT molecular complexity index is 978. The van der Waals surface area contributed by atoms with Crippen LogP contribution in [0.1, 0.15) is 51.5 Å². The molecule has 0 saturated heterocycles. The molecule has 34 heavy (non-hydrogen) atoms. The number of nitrogens with two attached hydrogens (primary N) is 1. The Kier molecular flexibility index (Phi) is 7.75. The molecule has 5 nitrogen and oxygen atoms in total. The second-order valence-corrected chi connectivity index (χ2v) is 9.66. The lowest BCUT2D eigenvalue weighted by atomic mass is 9.69. The number of benzene rings is 2. The van der Waals surface area contributed by atoms with E-state index in [1.807, 2.05) is 42.5 Å². The molecule has 1 aliphatic carbocycles. The Morgan fingerprint density at radius 3 is 2.26 bits per heavy atom. The van der Waals surface area contributed by atoms with E-state index in [9.17, 15) is 28.2 Å². The molecule has 0 bridgehead atoms. The third kappa shape index (κ3) is 5.79. The minimum absolute atomic E-state index is 0.362. The van der Waals surface area contributed by atoms with Gasteiger partial charge >= 0.3 is 6.18 Å². The maximum absolute atomic E-state index is 13.2. The predicted octanol–water partition coefficient (Wildman–Crippen LogP) is 4.75. The molecule has 1 aliphatic rings. The highest BCUT2D eigenvalue weighted by atomic mass is 19.4. The first-order chi connectivity index (χ1) is 15.9. The van der Waals surface area contributed by atoms with Crippen molar-refractivity contribution in [3.05, 3.63) is 54.1 Å². The van der Waals surface area contributed by atoms with Gasteiger partial charge in [-0.1, -0.05) is 42.8 Å². The van der Waals surface area contributed by atoms with Gasteiger partial charge in [0.25, 0.3) is 0 Å². The standard InChI is InChI=1S/C26H33F3N2O3/c1-24(2,33)21-11-9-18(10-12-21)19-7-6-8-22(15-19)31(14-5-3-4-13-30)23(32)20-16-25(34,17-20)26(27,28)29/h6-12,15,20,33-34H,3-5,13-14,16-17,30H2,1-2H3. The number of carbonyl (C=O) groups excluding carboxylic acids is 1. The fraction of sp³-hybridized carbons (Fsp3) is 0.500. The molecule has 2 aromatic carbocycles. The second-order valence-electron chi connectivity index (χ2n) is 9.66. The number of amides is 1. The van der Waals surface area contributed by atoms with Crippen LogP contribution in [0.3, 0.4) is 0 Å². The van der Waals surface area contributed by atoms with Gasteiger partial charge in [-0.05, 0) is 74.9 Å². The molecule has 0 aliphatic heterocycles. The van der Waals surface area contributed by atoms with E-state index in [0.29, 0.717) is 25.2 Å². The zero-order chi connectivity index (χ0) is 25.1. The molecular weight excluding hydrogens is 445 g/mol. The van der Waals surface area contributed by atoms with Crippen molar-refractivity contribution >= 4 is 11.6 Å². The average Bonchev–Trinajstić information content (AvgIpc) is 2.75. The molecule has 1 saturated carbocycles. The second kappa shape index (κ2) is 10.1. The van der Waals surface area contributed by atoms with E-state index in [0.717, 1.165) is 29.5 Å². The molecule has 0 radical (unpaired) electrons. The van der Waals surface area contributed by atoms with Crippen LogP contribution in [-0.4, -0.2) is 41.0 Å². The van der Waals surface area contributed by atoms with Crippen LogP contribution in [0.25, 0.3) is 11.1 Å². The van der Waals surface area contributed by atoms with Crippen molar-refractivity contribution in [2.45, 2.75) is 63.3 Å². The maximum atomic E-state index is 13.2. The predicted molar refractivity (Wildman–Crippen MR) is 126 cm³/mol. The Hall–Kier alpha value is -2.42. The topological polar surface area (TPSA) is 86.8 Å². The summed E-state index contributed by atoms with van der Waals surface area (Å²) in [5, 5.41) is 20.0. The monoisotopic (exact) mass is 478 g/mol. The summed E-state index contributed by atoms with van der Waals surface area (Å²) in [6, 6.07) is 14.8. The lowest BCUT2D eigenvalue weighted by molar-refractivity contribution is -0.295. The van der Waals surface area contributed by atoms with Gasteiger partial charge in [0.2, 0.25) is 5.91 Å². The molecule has 0 spiro atoms. The maximum Gasteiger partial charge on any atom is 0.417 e. The summed E-state index contributed by atoms with van der Waals surface area (Å²) in [6.07, 6.45) is -3.71. The van der Waals surface area contributed by atoms with Crippen molar-refractivity contribution < 1.29 is 28.2 Å². The van der Waals surface area contributed by atoms with Gasteiger partial charge in [0.15, 0.2) is 5.60 Å². The molecule has 4 N–H and O–H groups in total. The van der Waals surface area contributed by atoms with Crippen LogP contribution in [0, 0.1) is 5.92 Å². The van der Waals surface area contributed by atoms with Gasteiger partial charge in [-0.2, -0.15) is 13.2 Å². The lowest BCUT2D eigenvalue weighted by Gasteiger charge is -2.45. The number of hydrogen-bond acceptors (Lipinski definition) is 4. The van der Waals surface area contributed by atoms with Crippen molar-refractivity contribution in [3.8, 4) is 11.1 Å². The van der Waals surface area contributed by atoms with Gasteiger partial charge in [0.1, 0.15) is 0 Å². The van der Waals surface area contributed by atoms with Crippen molar-refractivity contribution in [1.82, 2.24) is 0 Å². The van der Waals surface area contributed by atoms with E-state index >= 15 is 0 Å². The van der Waals surface area contributed by atoms with E-state index in [4.69, 9.17) is 5.73 Å². The van der Waals surface area contributed by atoms with E-state index in [1.54, 1.807) is 19.9 Å². The Labute approximate surface area is 198 Å². The number of unbranched alkanes of at least 4 members (excludes halogenated alkanes) is 2. The summed E-state index contributed by atoms with van der Waals surface area (Å²) in [4.78, 5) is 14.7. The zero-order valence-corrected chi connectivity index (χ0v) is 19.6. The smallest absolute Gasteiger partial charge is 0.386 e. The number of aliphatic hydroxyl groups is 2. The van der Waals surface area contributed by atoms with Crippen LogP contribution in [0.15, 0.2) is 48.5 Å². The molecule has 1 fully saturated rings. The minimum atomic E-state index is -4.75. The average molecular weight is 479 g/mol. The van der Waals surface area contributed by atoms with E-state index in [1.165, 1.54) is 4.90 Å². The van der Waals surface area contributed by atoms with Crippen molar-refractivity contribution in [3.63, 3.8) is 0 Å².